The van der Waals surface area contributed by atoms with Crippen LogP contribution in [0.4, 0.5) is 0 Å². The van der Waals surface area contributed by atoms with Gasteiger partial charge < -0.3 is 0 Å². The molecule has 7 nitrogen and oxygen atoms in total. The molecule has 0 radical (unpaired) electrons. The molecule has 0 atom stereocenters. The highest BCUT2D eigenvalue weighted by Gasteiger charge is 2.04. The molecule has 0 saturated heterocycles. The number of para-hydroxylation sites is 1. The molecular weight excluding hydrogens is 206 g/mol. The first-order valence-electron chi connectivity index (χ1n) is 4.94. The smallest absolute Gasteiger partial charge is 0.176 e. The van der Waals surface area contributed by atoms with Gasteiger partial charge >= 0.3 is 0 Å². The van der Waals surface area contributed by atoms with Crippen LogP contribution in [0.3, 0.4) is 0 Å². The maximum Gasteiger partial charge on any atom is 0.176 e. The van der Waals surface area contributed by atoms with E-state index >= 15 is 0 Å². The van der Waals surface area contributed by atoms with E-state index in [1.165, 1.54) is 0 Å². The first-order valence-corrected chi connectivity index (χ1v) is 4.94. The number of benzene rings is 1. The lowest BCUT2D eigenvalue weighted by Crippen LogP contribution is -2.04. The van der Waals surface area contributed by atoms with Crippen molar-refractivity contribution >= 4 is 11.0 Å². The molecule has 0 saturated carbocycles. The van der Waals surface area contributed by atoms with Crippen molar-refractivity contribution in [1.82, 2.24) is 35.6 Å². The summed E-state index contributed by atoms with van der Waals surface area (Å²) in [6.45, 7) is 0.694. The molecule has 0 aliphatic heterocycles. The molecule has 1 aromatic carbocycles. The first kappa shape index (κ1) is 8.96. The molecule has 2 aromatic heterocycles. The normalized spacial score (nSPS) is 11.0. The molecule has 7 heteroatoms. The monoisotopic (exact) mass is 215 g/mol. The van der Waals surface area contributed by atoms with Gasteiger partial charge in [0.15, 0.2) is 5.82 Å². The van der Waals surface area contributed by atoms with Crippen molar-refractivity contribution in [3.05, 3.63) is 30.1 Å². The zero-order valence-corrected chi connectivity index (χ0v) is 8.41. The SMILES string of the molecule is c1ccc2c(c1)nnn2CCc1nn[nH]n1. The summed E-state index contributed by atoms with van der Waals surface area (Å²) in [5.74, 6) is 0.680. The molecule has 0 spiro atoms. The van der Waals surface area contributed by atoms with Crippen molar-refractivity contribution < 1.29 is 0 Å². The molecule has 80 valence electrons. The number of aromatic nitrogens is 7. The number of tetrazole rings is 1. The Bertz CT molecular complexity index is 583. The molecule has 0 amide bonds. The molecule has 3 rings (SSSR count). The number of nitrogens with one attached hydrogen (secondary N) is 1. The van der Waals surface area contributed by atoms with E-state index in [9.17, 15) is 0 Å². The van der Waals surface area contributed by atoms with Crippen LogP contribution in [-0.4, -0.2) is 35.6 Å². The number of hydrogen-bond acceptors (Lipinski definition) is 5. The van der Waals surface area contributed by atoms with E-state index in [2.05, 4.69) is 30.9 Å². The number of hydrogen-bond donors (Lipinski definition) is 1. The second-order valence-corrected chi connectivity index (χ2v) is 3.38. The molecule has 2 heterocycles. The van der Waals surface area contributed by atoms with Gasteiger partial charge in [0.05, 0.1) is 12.1 Å². The highest BCUT2D eigenvalue weighted by molar-refractivity contribution is 5.73. The summed E-state index contributed by atoms with van der Waals surface area (Å²) in [6, 6.07) is 7.84. The van der Waals surface area contributed by atoms with E-state index in [0.717, 1.165) is 11.0 Å². The molecule has 0 aliphatic rings. The topological polar surface area (TPSA) is 85.2 Å². The van der Waals surface area contributed by atoms with Crippen LogP contribution in [0.2, 0.25) is 0 Å². The second kappa shape index (κ2) is 3.69. The van der Waals surface area contributed by atoms with Crippen LogP contribution in [0, 0.1) is 0 Å². The Morgan fingerprint density at radius 1 is 1.19 bits per heavy atom. The molecule has 0 unspecified atom stereocenters. The average Bonchev–Trinajstić information content (AvgIpc) is 2.96. The molecule has 1 N–H and O–H groups in total. The van der Waals surface area contributed by atoms with Crippen molar-refractivity contribution in [1.29, 1.82) is 0 Å². The summed E-state index contributed by atoms with van der Waals surface area (Å²) in [5.41, 5.74) is 1.92. The third-order valence-corrected chi connectivity index (χ3v) is 2.36. The zero-order chi connectivity index (χ0) is 10.8. The van der Waals surface area contributed by atoms with Gasteiger partial charge in [-0.25, -0.2) is 4.68 Å². The van der Waals surface area contributed by atoms with Gasteiger partial charge in [-0.1, -0.05) is 22.6 Å². The summed E-state index contributed by atoms with van der Waals surface area (Å²) < 4.78 is 1.84. The van der Waals surface area contributed by atoms with E-state index in [-0.39, 0.29) is 0 Å². The first-order chi connectivity index (χ1) is 7.93. The highest BCUT2D eigenvalue weighted by atomic mass is 15.5. The van der Waals surface area contributed by atoms with Crippen LogP contribution < -0.4 is 0 Å². The molecule has 0 aliphatic carbocycles. The van der Waals surface area contributed by atoms with Gasteiger partial charge in [-0.15, -0.1) is 15.3 Å². The number of aryl methyl sites for hydroxylation is 2. The van der Waals surface area contributed by atoms with Crippen LogP contribution >= 0.6 is 0 Å². The Labute approximate surface area is 90.5 Å². The van der Waals surface area contributed by atoms with Crippen LogP contribution in [-0.2, 0) is 13.0 Å². The Morgan fingerprint density at radius 2 is 2.12 bits per heavy atom. The van der Waals surface area contributed by atoms with Crippen molar-refractivity contribution in [2.24, 2.45) is 0 Å². The summed E-state index contributed by atoms with van der Waals surface area (Å²) >= 11 is 0. The Balaban J connectivity index is 1.84. The summed E-state index contributed by atoms with van der Waals surface area (Å²) in [7, 11) is 0. The van der Waals surface area contributed by atoms with Crippen molar-refractivity contribution in [2.75, 3.05) is 0 Å². The van der Waals surface area contributed by atoms with Gasteiger partial charge in [-0.05, 0) is 12.1 Å². The minimum absolute atomic E-state index is 0.680. The minimum atomic E-state index is 0.680. The standard InChI is InChI=1S/C9H9N7/c1-2-4-8-7(3-1)10-15-16(8)6-5-9-11-13-14-12-9/h1-4H,5-6H2,(H,11,12,13,14). The van der Waals surface area contributed by atoms with Crippen LogP contribution in [0.5, 0.6) is 0 Å². The number of fused-ring (bicyclic) bond motifs is 1. The fourth-order valence-corrected chi connectivity index (χ4v) is 1.58. The van der Waals surface area contributed by atoms with Crippen LogP contribution in [0.25, 0.3) is 11.0 Å². The van der Waals surface area contributed by atoms with Gasteiger partial charge in [0, 0.05) is 6.42 Å². The molecular formula is C9H9N7. The van der Waals surface area contributed by atoms with Crippen LogP contribution in [0.15, 0.2) is 24.3 Å². The maximum absolute atomic E-state index is 4.08. The van der Waals surface area contributed by atoms with E-state index in [0.29, 0.717) is 18.8 Å². The maximum atomic E-state index is 4.08. The van der Waals surface area contributed by atoms with Gasteiger partial charge in [0.2, 0.25) is 0 Å². The lowest BCUT2D eigenvalue weighted by atomic mass is 10.3. The number of aromatic amines is 1. The van der Waals surface area contributed by atoms with Crippen molar-refractivity contribution in [3.8, 4) is 0 Å². The Morgan fingerprint density at radius 3 is 3.00 bits per heavy atom. The average molecular weight is 215 g/mol. The van der Waals surface area contributed by atoms with Crippen LogP contribution in [0.1, 0.15) is 5.82 Å². The van der Waals surface area contributed by atoms with Gasteiger partial charge in [0.1, 0.15) is 5.52 Å². The molecule has 3 aromatic rings. The fraction of sp³-hybridized carbons (Fsp3) is 0.222. The van der Waals surface area contributed by atoms with E-state index in [4.69, 9.17) is 0 Å². The predicted molar refractivity (Wildman–Crippen MR) is 55.4 cm³/mol. The third kappa shape index (κ3) is 1.52. The van der Waals surface area contributed by atoms with Crippen molar-refractivity contribution in [2.45, 2.75) is 13.0 Å². The van der Waals surface area contributed by atoms with Gasteiger partial charge in [0.25, 0.3) is 0 Å². The lowest BCUT2D eigenvalue weighted by Gasteiger charge is -1.98. The zero-order valence-electron chi connectivity index (χ0n) is 8.41. The van der Waals surface area contributed by atoms with Gasteiger partial charge in [-0.2, -0.15) is 5.21 Å². The number of H-pyrrole nitrogens is 1. The largest absolute Gasteiger partial charge is 0.244 e. The lowest BCUT2D eigenvalue weighted by molar-refractivity contribution is 0.594. The Hall–Kier alpha value is -2.31. The molecule has 0 bridgehead atoms. The predicted octanol–water partition coefficient (Wildman–Crippen LogP) is 0.187. The van der Waals surface area contributed by atoms with E-state index < -0.39 is 0 Å². The second-order valence-electron chi connectivity index (χ2n) is 3.38. The summed E-state index contributed by atoms with van der Waals surface area (Å²) in [4.78, 5) is 0. The minimum Gasteiger partial charge on any atom is -0.244 e. The molecule has 16 heavy (non-hydrogen) atoms. The van der Waals surface area contributed by atoms with Gasteiger partial charge in [-0.3, -0.25) is 0 Å². The molecule has 0 fully saturated rings. The van der Waals surface area contributed by atoms with E-state index in [1.54, 1.807) is 0 Å². The quantitative estimate of drug-likeness (QED) is 0.674. The van der Waals surface area contributed by atoms with E-state index in [1.807, 2.05) is 28.9 Å². The Kier molecular flexibility index (Phi) is 2.06. The third-order valence-electron chi connectivity index (χ3n) is 2.36. The van der Waals surface area contributed by atoms with Crippen molar-refractivity contribution in [3.63, 3.8) is 0 Å². The number of nitrogens with zero attached hydrogens (tertiary/aromatic N) is 6. The number of rotatable bonds is 3. The fourth-order valence-electron chi connectivity index (χ4n) is 1.58. The summed E-state index contributed by atoms with van der Waals surface area (Å²) in [6.07, 6.45) is 0.684. The summed E-state index contributed by atoms with van der Waals surface area (Å²) in [5, 5.41) is 21.8. The highest BCUT2D eigenvalue weighted by Crippen LogP contribution is 2.09.